The number of ketones is 2. The van der Waals surface area contributed by atoms with Gasteiger partial charge in [-0.1, -0.05) is 53.5 Å². The van der Waals surface area contributed by atoms with Gasteiger partial charge < -0.3 is 4.74 Å². The third-order valence-electron chi connectivity index (χ3n) is 3.68. The topological polar surface area (TPSA) is 60.4 Å². The molecule has 4 nitrogen and oxygen atoms in total. The van der Waals surface area contributed by atoms with E-state index in [-0.39, 0.29) is 26.7 Å². The van der Waals surface area contributed by atoms with E-state index in [9.17, 15) is 14.4 Å². The summed E-state index contributed by atoms with van der Waals surface area (Å²) in [6, 6.07) is 10.6. The lowest BCUT2D eigenvalue weighted by Gasteiger charge is -2.26. The molecule has 0 N–H and O–H groups in total. The average molecular weight is 349 g/mol. The van der Waals surface area contributed by atoms with Crippen LogP contribution in [0.3, 0.4) is 0 Å². The number of hydrogen-bond donors (Lipinski definition) is 0. The first-order valence-electron chi connectivity index (χ1n) is 6.71. The van der Waals surface area contributed by atoms with Gasteiger partial charge in [-0.05, 0) is 12.1 Å². The normalized spacial score (nSPS) is 15.4. The molecule has 0 saturated heterocycles. The molecular weight excluding hydrogens is 339 g/mol. The molecule has 116 valence electrons. The number of ether oxygens (including phenoxy) is 1. The van der Waals surface area contributed by atoms with Crippen molar-refractivity contribution in [1.29, 1.82) is 0 Å². The van der Waals surface area contributed by atoms with E-state index in [4.69, 9.17) is 27.9 Å². The van der Waals surface area contributed by atoms with Gasteiger partial charge in [-0.3, -0.25) is 14.4 Å². The summed E-state index contributed by atoms with van der Waals surface area (Å²) in [4.78, 5) is 37.4. The standard InChI is InChI=1S/C17H10Cl2O4/c1-9(20)23-17(10-6-7-13(18)14(19)8-10)15(21)11-4-2-3-5-12(11)16(17)22/h2-8H,1H3. The first kappa shape index (κ1) is 15.7. The molecule has 2 aromatic carbocycles. The summed E-state index contributed by atoms with van der Waals surface area (Å²) in [6.45, 7) is 1.14. The maximum atomic E-state index is 12.9. The predicted molar refractivity (Wildman–Crippen MR) is 85.0 cm³/mol. The number of carbonyl (C=O) groups excluding carboxylic acids is 3. The number of Topliss-reactive ketones (excluding diaryl/α,β-unsaturated/α-hetero) is 2. The minimum Gasteiger partial charge on any atom is -0.437 e. The highest BCUT2D eigenvalue weighted by Crippen LogP contribution is 2.42. The van der Waals surface area contributed by atoms with Crippen molar-refractivity contribution in [2.45, 2.75) is 12.5 Å². The Morgan fingerprint density at radius 1 is 0.957 bits per heavy atom. The van der Waals surface area contributed by atoms with Gasteiger partial charge in [0.2, 0.25) is 11.6 Å². The van der Waals surface area contributed by atoms with Crippen LogP contribution in [-0.4, -0.2) is 17.5 Å². The molecule has 1 aliphatic rings. The van der Waals surface area contributed by atoms with Gasteiger partial charge in [0.1, 0.15) is 0 Å². The van der Waals surface area contributed by atoms with E-state index in [1.54, 1.807) is 12.1 Å². The smallest absolute Gasteiger partial charge is 0.304 e. The molecule has 3 rings (SSSR count). The second-order valence-electron chi connectivity index (χ2n) is 5.11. The minimum atomic E-state index is -2.05. The number of carbonyl (C=O) groups is 3. The lowest BCUT2D eigenvalue weighted by Crippen LogP contribution is -2.42. The van der Waals surface area contributed by atoms with Crippen LogP contribution in [0, 0.1) is 0 Å². The number of fused-ring (bicyclic) bond motifs is 1. The fourth-order valence-corrected chi connectivity index (χ4v) is 3.00. The van der Waals surface area contributed by atoms with E-state index in [1.807, 2.05) is 0 Å². The summed E-state index contributed by atoms with van der Waals surface area (Å²) in [5.74, 6) is -1.93. The van der Waals surface area contributed by atoms with Gasteiger partial charge in [0, 0.05) is 23.6 Å². The molecule has 0 heterocycles. The summed E-state index contributed by atoms with van der Waals surface area (Å²) in [6.07, 6.45) is 0. The van der Waals surface area contributed by atoms with Gasteiger partial charge in [0.15, 0.2) is 0 Å². The Kier molecular flexibility index (Phi) is 3.74. The fraction of sp³-hybridized carbons (Fsp3) is 0.118. The number of halogens is 2. The monoisotopic (exact) mass is 348 g/mol. The van der Waals surface area contributed by atoms with Gasteiger partial charge in [0.25, 0.3) is 5.60 Å². The number of hydrogen-bond acceptors (Lipinski definition) is 4. The van der Waals surface area contributed by atoms with Gasteiger partial charge in [-0.25, -0.2) is 0 Å². The van der Waals surface area contributed by atoms with Crippen molar-refractivity contribution in [3.8, 4) is 0 Å². The van der Waals surface area contributed by atoms with Crippen LogP contribution in [-0.2, 0) is 15.1 Å². The Morgan fingerprint density at radius 2 is 1.52 bits per heavy atom. The molecule has 0 atom stereocenters. The second kappa shape index (κ2) is 5.48. The van der Waals surface area contributed by atoms with Crippen LogP contribution >= 0.6 is 23.2 Å². The molecule has 2 aromatic rings. The molecule has 0 spiro atoms. The van der Waals surface area contributed by atoms with Crippen molar-refractivity contribution >= 4 is 40.7 Å². The molecule has 0 amide bonds. The van der Waals surface area contributed by atoms with Crippen LogP contribution in [0.1, 0.15) is 33.2 Å². The molecular formula is C17H10Cl2O4. The highest BCUT2D eigenvalue weighted by molar-refractivity contribution is 6.42. The van der Waals surface area contributed by atoms with Crippen LogP contribution in [0.4, 0.5) is 0 Å². The Balaban J connectivity index is 2.28. The highest BCUT2D eigenvalue weighted by atomic mass is 35.5. The van der Waals surface area contributed by atoms with Gasteiger partial charge in [-0.2, -0.15) is 0 Å². The third-order valence-corrected chi connectivity index (χ3v) is 4.42. The first-order valence-corrected chi connectivity index (χ1v) is 7.47. The molecule has 0 radical (unpaired) electrons. The van der Waals surface area contributed by atoms with Crippen molar-refractivity contribution in [2.24, 2.45) is 0 Å². The largest absolute Gasteiger partial charge is 0.437 e. The summed E-state index contributed by atoms with van der Waals surface area (Å²) in [5, 5.41) is 0.427. The van der Waals surface area contributed by atoms with Crippen LogP contribution in [0.15, 0.2) is 42.5 Å². The number of esters is 1. The molecule has 0 unspecified atom stereocenters. The molecule has 0 bridgehead atoms. The van der Waals surface area contributed by atoms with Crippen LogP contribution < -0.4 is 0 Å². The lowest BCUT2D eigenvalue weighted by molar-refractivity contribution is -0.149. The summed E-state index contributed by atoms with van der Waals surface area (Å²) in [5.41, 5.74) is -1.45. The SMILES string of the molecule is CC(=O)OC1(c2ccc(Cl)c(Cl)c2)C(=O)c2ccccc2C1=O. The third kappa shape index (κ3) is 2.26. The van der Waals surface area contributed by atoms with Crippen molar-refractivity contribution in [3.63, 3.8) is 0 Å². The number of benzene rings is 2. The molecule has 0 fully saturated rings. The van der Waals surface area contributed by atoms with E-state index in [2.05, 4.69) is 0 Å². The molecule has 23 heavy (non-hydrogen) atoms. The molecule has 0 saturated carbocycles. The van der Waals surface area contributed by atoms with Crippen LogP contribution in [0.2, 0.25) is 10.0 Å². The van der Waals surface area contributed by atoms with E-state index in [1.165, 1.54) is 30.3 Å². The molecule has 1 aliphatic carbocycles. The molecule has 6 heteroatoms. The fourth-order valence-electron chi connectivity index (χ4n) is 2.71. The maximum absolute atomic E-state index is 12.9. The quantitative estimate of drug-likeness (QED) is 0.611. The Labute approximate surface area is 142 Å². The average Bonchev–Trinajstić information content (AvgIpc) is 2.73. The molecule has 0 aliphatic heterocycles. The van der Waals surface area contributed by atoms with Gasteiger partial charge in [-0.15, -0.1) is 0 Å². The van der Waals surface area contributed by atoms with Crippen molar-refractivity contribution in [1.82, 2.24) is 0 Å². The minimum absolute atomic E-state index is 0.159. The second-order valence-corrected chi connectivity index (χ2v) is 5.92. The van der Waals surface area contributed by atoms with Gasteiger partial charge in [0.05, 0.1) is 10.0 Å². The van der Waals surface area contributed by atoms with Crippen LogP contribution in [0.5, 0.6) is 0 Å². The highest BCUT2D eigenvalue weighted by Gasteiger charge is 2.57. The van der Waals surface area contributed by atoms with E-state index >= 15 is 0 Å². The predicted octanol–water partition coefficient (Wildman–Crippen LogP) is 3.83. The first-order chi connectivity index (χ1) is 10.9. The number of rotatable bonds is 2. The van der Waals surface area contributed by atoms with Crippen molar-refractivity contribution in [3.05, 3.63) is 69.2 Å². The zero-order valence-corrected chi connectivity index (χ0v) is 13.4. The zero-order valence-electron chi connectivity index (χ0n) is 11.9. The Bertz CT molecular complexity index is 822. The van der Waals surface area contributed by atoms with E-state index in [0.29, 0.717) is 0 Å². The maximum Gasteiger partial charge on any atom is 0.304 e. The van der Waals surface area contributed by atoms with E-state index < -0.39 is 23.1 Å². The van der Waals surface area contributed by atoms with Gasteiger partial charge >= 0.3 is 5.97 Å². The summed E-state index contributed by atoms with van der Waals surface area (Å²) >= 11 is 11.9. The zero-order chi connectivity index (χ0) is 16.8. The Morgan fingerprint density at radius 3 is 2.00 bits per heavy atom. The summed E-state index contributed by atoms with van der Waals surface area (Å²) in [7, 11) is 0. The van der Waals surface area contributed by atoms with Crippen molar-refractivity contribution < 1.29 is 19.1 Å². The van der Waals surface area contributed by atoms with Crippen LogP contribution in [0.25, 0.3) is 0 Å². The lowest BCUT2D eigenvalue weighted by atomic mass is 9.88. The Hall–Kier alpha value is -2.17. The summed E-state index contributed by atoms with van der Waals surface area (Å²) < 4.78 is 5.25. The van der Waals surface area contributed by atoms with Crippen molar-refractivity contribution in [2.75, 3.05) is 0 Å². The molecule has 0 aromatic heterocycles. The van der Waals surface area contributed by atoms with E-state index in [0.717, 1.165) is 6.92 Å².